The van der Waals surface area contributed by atoms with E-state index in [4.69, 9.17) is 4.74 Å². The van der Waals surface area contributed by atoms with Crippen molar-refractivity contribution in [1.82, 2.24) is 0 Å². The molecule has 1 aliphatic rings. The first-order valence-electron chi connectivity index (χ1n) is 6.81. The summed E-state index contributed by atoms with van der Waals surface area (Å²) in [6, 6.07) is 8.61. The molecule has 0 fully saturated rings. The molecule has 0 spiro atoms. The Morgan fingerprint density at radius 2 is 1.90 bits per heavy atom. The van der Waals surface area contributed by atoms with E-state index >= 15 is 0 Å². The first kappa shape index (κ1) is 14.0. The number of hydrogen-bond donors (Lipinski definition) is 1. The Kier molecular flexibility index (Phi) is 3.21. The molecule has 0 aromatic heterocycles. The van der Waals surface area contributed by atoms with Gasteiger partial charge in [-0.15, -0.1) is 0 Å². The second kappa shape index (κ2) is 4.81. The predicted molar refractivity (Wildman–Crippen MR) is 75.3 cm³/mol. The summed E-state index contributed by atoms with van der Waals surface area (Å²) in [5.74, 6) is -0.838. The highest BCUT2D eigenvalue weighted by atomic mass is 19.1. The molecule has 2 aromatic rings. The van der Waals surface area contributed by atoms with Gasteiger partial charge >= 0.3 is 0 Å². The van der Waals surface area contributed by atoms with Crippen LogP contribution in [-0.2, 0) is 6.42 Å². The van der Waals surface area contributed by atoms with Gasteiger partial charge in [-0.2, -0.15) is 0 Å². The maximum absolute atomic E-state index is 13.8. The molecule has 1 aliphatic heterocycles. The highest BCUT2D eigenvalue weighted by molar-refractivity contribution is 5.49. The van der Waals surface area contributed by atoms with Gasteiger partial charge in [0, 0.05) is 23.6 Å². The van der Waals surface area contributed by atoms with Gasteiger partial charge in [-0.3, -0.25) is 0 Å². The molecule has 0 saturated heterocycles. The first-order chi connectivity index (χ1) is 9.87. The molecule has 2 aromatic carbocycles. The molecule has 1 heterocycles. The van der Waals surface area contributed by atoms with E-state index in [-0.39, 0.29) is 11.2 Å². The summed E-state index contributed by atoms with van der Waals surface area (Å²) in [7, 11) is 0. The highest BCUT2D eigenvalue weighted by Crippen LogP contribution is 2.41. The van der Waals surface area contributed by atoms with E-state index in [0.29, 0.717) is 11.3 Å². The lowest BCUT2D eigenvalue weighted by Crippen LogP contribution is -2.25. The van der Waals surface area contributed by atoms with Gasteiger partial charge in [0.05, 0.1) is 0 Å². The molecule has 1 unspecified atom stereocenters. The molecular formula is C17H16F2O2. The lowest BCUT2D eigenvalue weighted by atomic mass is 9.96. The molecule has 4 heteroatoms. The number of benzene rings is 2. The zero-order chi connectivity index (χ0) is 15.2. The zero-order valence-electron chi connectivity index (χ0n) is 11.9. The lowest BCUT2D eigenvalue weighted by molar-refractivity contribution is 0.131. The van der Waals surface area contributed by atoms with E-state index in [9.17, 15) is 13.9 Å². The van der Waals surface area contributed by atoms with Crippen LogP contribution in [0.2, 0.25) is 0 Å². The number of aliphatic hydroxyl groups is 1. The summed E-state index contributed by atoms with van der Waals surface area (Å²) < 4.78 is 32.7. The standard InChI is InChI=1S/C17H16F2O2/c1-17(2)9-10-4-3-5-13(16(10)21-17)15(20)12-7-6-11(18)8-14(12)19/h3-8,15,20H,9H2,1-2H3. The SMILES string of the molecule is CC1(C)Cc2cccc(C(O)c3ccc(F)cc3F)c2O1. The number of ether oxygens (including phenoxy) is 1. The quantitative estimate of drug-likeness (QED) is 0.912. The highest BCUT2D eigenvalue weighted by Gasteiger charge is 2.33. The van der Waals surface area contributed by atoms with Crippen molar-refractivity contribution in [3.8, 4) is 5.75 Å². The number of halogens is 2. The van der Waals surface area contributed by atoms with Gasteiger partial charge in [0.25, 0.3) is 0 Å². The van der Waals surface area contributed by atoms with Crippen LogP contribution < -0.4 is 4.74 Å². The third kappa shape index (κ3) is 2.51. The van der Waals surface area contributed by atoms with Gasteiger partial charge in [0.1, 0.15) is 29.1 Å². The van der Waals surface area contributed by atoms with Gasteiger partial charge in [-0.05, 0) is 25.5 Å². The van der Waals surface area contributed by atoms with Gasteiger partial charge < -0.3 is 9.84 Å². The Hall–Kier alpha value is -1.94. The molecule has 2 nitrogen and oxygen atoms in total. The van der Waals surface area contributed by atoms with Crippen LogP contribution >= 0.6 is 0 Å². The summed E-state index contributed by atoms with van der Waals surface area (Å²) in [6.45, 7) is 3.92. The molecule has 0 saturated carbocycles. The van der Waals surface area contributed by atoms with Gasteiger partial charge in [-0.25, -0.2) is 8.78 Å². The van der Waals surface area contributed by atoms with Crippen LogP contribution in [0.1, 0.15) is 36.6 Å². The third-order valence-electron chi connectivity index (χ3n) is 3.67. The summed E-state index contributed by atoms with van der Waals surface area (Å²) in [5.41, 5.74) is 1.18. The maximum Gasteiger partial charge on any atom is 0.132 e. The molecule has 0 amide bonds. The summed E-state index contributed by atoms with van der Waals surface area (Å²) in [6.07, 6.45) is -0.455. The van der Waals surface area contributed by atoms with Crippen LogP contribution in [-0.4, -0.2) is 10.7 Å². The zero-order valence-corrected chi connectivity index (χ0v) is 11.9. The minimum atomic E-state index is -1.19. The molecule has 21 heavy (non-hydrogen) atoms. The van der Waals surface area contributed by atoms with Gasteiger partial charge in [0.2, 0.25) is 0 Å². The first-order valence-corrected chi connectivity index (χ1v) is 6.81. The topological polar surface area (TPSA) is 29.5 Å². The van der Waals surface area contributed by atoms with Crippen molar-refractivity contribution in [2.75, 3.05) is 0 Å². The Morgan fingerprint density at radius 3 is 2.62 bits per heavy atom. The Balaban J connectivity index is 2.04. The van der Waals surface area contributed by atoms with Crippen molar-refractivity contribution in [1.29, 1.82) is 0 Å². The molecule has 1 N–H and O–H groups in total. The average molecular weight is 290 g/mol. The number of fused-ring (bicyclic) bond motifs is 1. The van der Waals surface area contributed by atoms with Crippen molar-refractivity contribution >= 4 is 0 Å². The van der Waals surface area contributed by atoms with Crippen molar-refractivity contribution in [3.05, 3.63) is 64.7 Å². The molecule has 3 rings (SSSR count). The van der Waals surface area contributed by atoms with E-state index in [0.717, 1.165) is 24.1 Å². The van der Waals surface area contributed by atoms with E-state index in [1.807, 2.05) is 26.0 Å². The Morgan fingerprint density at radius 1 is 1.14 bits per heavy atom. The van der Waals surface area contributed by atoms with E-state index in [2.05, 4.69) is 0 Å². The average Bonchev–Trinajstić information content (AvgIpc) is 2.71. The van der Waals surface area contributed by atoms with Crippen molar-refractivity contribution in [2.24, 2.45) is 0 Å². The van der Waals surface area contributed by atoms with Crippen molar-refractivity contribution < 1.29 is 18.6 Å². The Labute approximate surface area is 122 Å². The number of hydrogen-bond acceptors (Lipinski definition) is 2. The fraction of sp³-hybridized carbons (Fsp3) is 0.294. The van der Waals surface area contributed by atoms with Crippen LogP contribution in [0.15, 0.2) is 36.4 Å². The molecule has 0 aliphatic carbocycles. The Bertz CT molecular complexity index is 695. The molecular weight excluding hydrogens is 274 g/mol. The summed E-state index contributed by atoms with van der Waals surface area (Å²) in [5, 5.41) is 10.5. The number of aliphatic hydroxyl groups excluding tert-OH is 1. The molecule has 110 valence electrons. The fourth-order valence-electron chi connectivity index (χ4n) is 2.75. The van der Waals surface area contributed by atoms with Crippen LogP contribution in [0.3, 0.4) is 0 Å². The van der Waals surface area contributed by atoms with Crippen molar-refractivity contribution in [2.45, 2.75) is 32.0 Å². The normalized spacial score (nSPS) is 17.2. The molecule has 0 bridgehead atoms. The van der Waals surface area contributed by atoms with Crippen LogP contribution in [0.25, 0.3) is 0 Å². The monoisotopic (exact) mass is 290 g/mol. The molecule has 1 atom stereocenters. The predicted octanol–water partition coefficient (Wildman–Crippen LogP) is 3.76. The summed E-state index contributed by atoms with van der Waals surface area (Å²) >= 11 is 0. The smallest absolute Gasteiger partial charge is 0.132 e. The van der Waals surface area contributed by atoms with E-state index < -0.39 is 17.7 Å². The van der Waals surface area contributed by atoms with Crippen molar-refractivity contribution in [3.63, 3.8) is 0 Å². The number of para-hydroxylation sites is 1. The van der Waals surface area contributed by atoms with E-state index in [1.54, 1.807) is 6.07 Å². The maximum atomic E-state index is 13.8. The minimum absolute atomic E-state index is 0.0399. The number of rotatable bonds is 2. The van der Waals surface area contributed by atoms with Crippen LogP contribution in [0.5, 0.6) is 5.75 Å². The largest absolute Gasteiger partial charge is 0.487 e. The van der Waals surface area contributed by atoms with E-state index in [1.165, 1.54) is 6.07 Å². The fourth-order valence-corrected chi connectivity index (χ4v) is 2.75. The van der Waals surface area contributed by atoms with Gasteiger partial charge in [0.15, 0.2) is 0 Å². The second-order valence-electron chi connectivity index (χ2n) is 5.94. The lowest BCUT2D eigenvalue weighted by Gasteiger charge is -2.20. The van der Waals surface area contributed by atoms with Crippen LogP contribution in [0.4, 0.5) is 8.78 Å². The molecule has 0 radical (unpaired) electrons. The van der Waals surface area contributed by atoms with Gasteiger partial charge in [-0.1, -0.05) is 24.3 Å². The third-order valence-corrected chi connectivity index (χ3v) is 3.67. The minimum Gasteiger partial charge on any atom is -0.487 e. The van der Waals surface area contributed by atoms with Crippen LogP contribution in [0, 0.1) is 11.6 Å². The summed E-state index contributed by atoms with van der Waals surface area (Å²) in [4.78, 5) is 0. The second-order valence-corrected chi connectivity index (χ2v) is 5.94.